The van der Waals surface area contributed by atoms with E-state index >= 15 is 0 Å². The van der Waals surface area contributed by atoms with Gasteiger partial charge < -0.3 is 10.6 Å². The third kappa shape index (κ3) is 4.17. The number of nitrogens with one attached hydrogen (secondary N) is 2. The Morgan fingerprint density at radius 2 is 1.65 bits per heavy atom. The smallest absolute Gasteiger partial charge is 0.255 e. The molecule has 2 aromatic rings. The number of rotatable bonds is 4. The molecule has 0 aliphatic heterocycles. The summed E-state index contributed by atoms with van der Waals surface area (Å²) in [5, 5.41) is 13.9. The van der Waals surface area contributed by atoms with Gasteiger partial charge in [0.25, 0.3) is 5.91 Å². The fraction of sp³-hybridized carbons (Fsp3) is 0.167. The summed E-state index contributed by atoms with van der Waals surface area (Å²) in [6.07, 6.45) is -0.237. The summed E-state index contributed by atoms with van der Waals surface area (Å²) < 4.78 is 0. The van der Waals surface area contributed by atoms with E-state index in [1.54, 1.807) is 36.4 Å². The molecule has 0 saturated heterocycles. The van der Waals surface area contributed by atoms with E-state index in [-0.39, 0.29) is 12.3 Å². The molecule has 0 saturated carbocycles. The van der Waals surface area contributed by atoms with Crippen molar-refractivity contribution in [3.8, 4) is 6.07 Å². The van der Waals surface area contributed by atoms with Gasteiger partial charge in [-0.3, -0.25) is 9.59 Å². The summed E-state index contributed by atoms with van der Waals surface area (Å²) in [6, 6.07) is 14.1. The maximum absolute atomic E-state index is 12.4. The predicted octanol–water partition coefficient (Wildman–Crippen LogP) is 3.41. The van der Waals surface area contributed by atoms with Crippen molar-refractivity contribution in [2.45, 2.75) is 20.3 Å². The number of anilines is 2. The lowest BCUT2D eigenvalue weighted by Crippen LogP contribution is -2.16. The highest BCUT2D eigenvalue weighted by molar-refractivity contribution is 6.07. The Labute approximate surface area is 134 Å². The van der Waals surface area contributed by atoms with Gasteiger partial charge in [0.2, 0.25) is 5.91 Å². The first-order chi connectivity index (χ1) is 11.0. The molecule has 2 N–H and O–H groups in total. The Kier molecular flexibility index (Phi) is 5.11. The Bertz CT molecular complexity index is 791. The van der Waals surface area contributed by atoms with Gasteiger partial charge in [-0.2, -0.15) is 5.26 Å². The molecule has 0 aromatic heterocycles. The number of nitrogens with zero attached hydrogens (tertiary/aromatic N) is 1. The largest absolute Gasteiger partial charge is 0.323 e. The number of benzene rings is 2. The number of aryl methyl sites for hydroxylation is 2. The maximum Gasteiger partial charge on any atom is 0.255 e. The Morgan fingerprint density at radius 1 is 1.00 bits per heavy atom. The Morgan fingerprint density at radius 3 is 2.26 bits per heavy atom. The zero-order valence-electron chi connectivity index (χ0n) is 13.0. The number of carbonyl (C=O) groups is 2. The monoisotopic (exact) mass is 307 g/mol. The Hall–Kier alpha value is -3.13. The molecule has 0 aliphatic carbocycles. The van der Waals surface area contributed by atoms with Crippen LogP contribution in [0.1, 0.15) is 27.9 Å². The summed E-state index contributed by atoms with van der Waals surface area (Å²) in [4.78, 5) is 23.9. The van der Waals surface area contributed by atoms with Gasteiger partial charge in [0.15, 0.2) is 0 Å². The molecule has 0 heterocycles. The summed E-state index contributed by atoms with van der Waals surface area (Å²) in [5.41, 5.74) is 3.65. The number of para-hydroxylation sites is 2. The van der Waals surface area contributed by atoms with E-state index in [2.05, 4.69) is 10.6 Å². The van der Waals surface area contributed by atoms with Gasteiger partial charge in [0.05, 0.1) is 17.4 Å². The van der Waals surface area contributed by atoms with Gasteiger partial charge in [-0.15, -0.1) is 0 Å². The third-order valence-electron chi connectivity index (χ3n) is 3.46. The van der Waals surface area contributed by atoms with Crippen LogP contribution in [0, 0.1) is 25.2 Å². The predicted molar refractivity (Wildman–Crippen MR) is 89.2 cm³/mol. The lowest BCUT2D eigenvalue weighted by atomic mass is 10.1. The van der Waals surface area contributed by atoms with Crippen molar-refractivity contribution in [3.05, 3.63) is 59.2 Å². The number of amides is 2. The average molecular weight is 307 g/mol. The van der Waals surface area contributed by atoms with Gasteiger partial charge in [-0.1, -0.05) is 18.2 Å². The number of nitriles is 1. The molecular weight excluding hydrogens is 290 g/mol. The SMILES string of the molecule is Cc1ccc(C(=O)Nc2ccccc2NC(=O)CC#N)cc1C. The first kappa shape index (κ1) is 16.2. The van der Waals surface area contributed by atoms with Crippen LogP contribution in [0.4, 0.5) is 11.4 Å². The second kappa shape index (κ2) is 7.23. The van der Waals surface area contributed by atoms with Gasteiger partial charge in [-0.05, 0) is 49.2 Å². The number of carbonyl (C=O) groups excluding carboxylic acids is 2. The minimum absolute atomic E-state index is 0.237. The molecule has 5 nitrogen and oxygen atoms in total. The van der Waals surface area contributed by atoms with Crippen LogP contribution in [-0.4, -0.2) is 11.8 Å². The van der Waals surface area contributed by atoms with Crippen LogP contribution in [0.3, 0.4) is 0 Å². The lowest BCUT2D eigenvalue weighted by molar-refractivity contribution is -0.115. The van der Waals surface area contributed by atoms with Crippen LogP contribution in [0.5, 0.6) is 0 Å². The second-order valence-electron chi connectivity index (χ2n) is 5.18. The summed E-state index contributed by atoms with van der Waals surface area (Å²) in [6.45, 7) is 3.93. The topological polar surface area (TPSA) is 82.0 Å². The van der Waals surface area contributed by atoms with E-state index in [4.69, 9.17) is 5.26 Å². The fourth-order valence-electron chi connectivity index (χ4n) is 2.04. The molecule has 23 heavy (non-hydrogen) atoms. The summed E-state index contributed by atoms with van der Waals surface area (Å²) >= 11 is 0. The minimum Gasteiger partial charge on any atom is -0.323 e. The number of hydrogen-bond acceptors (Lipinski definition) is 3. The van der Waals surface area contributed by atoms with Gasteiger partial charge in [0.1, 0.15) is 6.42 Å². The van der Waals surface area contributed by atoms with E-state index in [0.29, 0.717) is 16.9 Å². The van der Waals surface area contributed by atoms with Crippen LogP contribution in [0.2, 0.25) is 0 Å². The maximum atomic E-state index is 12.4. The van der Waals surface area contributed by atoms with Crippen molar-refractivity contribution < 1.29 is 9.59 Å². The van der Waals surface area contributed by atoms with E-state index in [0.717, 1.165) is 11.1 Å². The van der Waals surface area contributed by atoms with Crippen molar-refractivity contribution >= 4 is 23.2 Å². The molecule has 0 bridgehead atoms. The van der Waals surface area contributed by atoms with Gasteiger partial charge in [-0.25, -0.2) is 0 Å². The molecule has 0 spiro atoms. The van der Waals surface area contributed by atoms with Gasteiger partial charge in [0, 0.05) is 5.56 Å². The van der Waals surface area contributed by atoms with Crippen molar-refractivity contribution in [1.29, 1.82) is 5.26 Å². The summed E-state index contributed by atoms with van der Waals surface area (Å²) in [7, 11) is 0. The molecule has 0 aliphatic rings. The van der Waals surface area contributed by atoms with Crippen molar-refractivity contribution in [3.63, 3.8) is 0 Å². The first-order valence-corrected chi connectivity index (χ1v) is 7.15. The van der Waals surface area contributed by atoms with Gasteiger partial charge >= 0.3 is 0 Å². The van der Waals surface area contributed by atoms with Crippen molar-refractivity contribution in [1.82, 2.24) is 0 Å². The lowest BCUT2D eigenvalue weighted by Gasteiger charge is -2.12. The van der Waals surface area contributed by atoms with E-state index in [9.17, 15) is 9.59 Å². The quantitative estimate of drug-likeness (QED) is 0.908. The highest BCUT2D eigenvalue weighted by Crippen LogP contribution is 2.22. The van der Waals surface area contributed by atoms with Crippen molar-refractivity contribution in [2.75, 3.05) is 10.6 Å². The molecule has 116 valence electrons. The van der Waals surface area contributed by atoms with Crippen LogP contribution in [0.15, 0.2) is 42.5 Å². The van der Waals surface area contributed by atoms with Crippen LogP contribution < -0.4 is 10.6 Å². The molecule has 5 heteroatoms. The third-order valence-corrected chi connectivity index (χ3v) is 3.46. The standard InChI is InChI=1S/C18H17N3O2/c1-12-7-8-14(11-13(12)2)18(23)21-16-6-4-3-5-15(16)20-17(22)9-10-19/h3-8,11H,9H2,1-2H3,(H,20,22)(H,21,23). The molecule has 0 unspecified atom stereocenters. The van der Waals surface area contributed by atoms with Crippen molar-refractivity contribution in [2.24, 2.45) is 0 Å². The summed E-state index contributed by atoms with van der Waals surface area (Å²) in [5.74, 6) is -0.671. The number of hydrogen-bond donors (Lipinski definition) is 2. The zero-order chi connectivity index (χ0) is 16.8. The normalized spacial score (nSPS) is 9.78. The molecule has 0 radical (unpaired) electrons. The van der Waals surface area contributed by atoms with E-state index in [1.807, 2.05) is 26.0 Å². The molecule has 0 fully saturated rings. The second-order valence-corrected chi connectivity index (χ2v) is 5.18. The van der Waals surface area contributed by atoms with Crippen LogP contribution in [-0.2, 0) is 4.79 Å². The molecule has 2 aromatic carbocycles. The fourth-order valence-corrected chi connectivity index (χ4v) is 2.04. The highest BCUT2D eigenvalue weighted by atomic mass is 16.2. The van der Waals surface area contributed by atoms with Crippen LogP contribution in [0.25, 0.3) is 0 Å². The van der Waals surface area contributed by atoms with E-state index < -0.39 is 5.91 Å². The Balaban J connectivity index is 2.19. The van der Waals surface area contributed by atoms with E-state index in [1.165, 1.54) is 0 Å². The average Bonchev–Trinajstić information content (AvgIpc) is 2.52. The molecule has 0 atom stereocenters. The molecule has 2 amide bonds. The molecular formula is C18H17N3O2. The minimum atomic E-state index is -0.416. The zero-order valence-corrected chi connectivity index (χ0v) is 13.0. The van der Waals surface area contributed by atoms with Crippen LogP contribution >= 0.6 is 0 Å². The first-order valence-electron chi connectivity index (χ1n) is 7.15. The highest BCUT2D eigenvalue weighted by Gasteiger charge is 2.11. The molecule has 2 rings (SSSR count).